The van der Waals surface area contributed by atoms with Crippen LogP contribution in [0.2, 0.25) is 0 Å². The molecular formula is C25H27F2N3O2. The van der Waals surface area contributed by atoms with E-state index in [0.717, 1.165) is 28.8 Å². The quantitative estimate of drug-likeness (QED) is 0.591. The normalized spacial score (nSPS) is 14.0. The first-order chi connectivity index (χ1) is 15.4. The second kappa shape index (κ2) is 9.02. The van der Waals surface area contributed by atoms with E-state index < -0.39 is 11.6 Å². The first-order valence-corrected chi connectivity index (χ1v) is 10.7. The van der Waals surface area contributed by atoms with E-state index in [1.54, 1.807) is 13.2 Å². The molecule has 7 heteroatoms. The molecule has 1 aliphatic rings. The third-order valence-corrected chi connectivity index (χ3v) is 6.01. The van der Waals surface area contributed by atoms with E-state index in [1.165, 1.54) is 6.07 Å². The molecule has 3 aromatic rings. The Kier molecular flexibility index (Phi) is 6.17. The van der Waals surface area contributed by atoms with Crippen LogP contribution in [0.15, 0.2) is 48.5 Å². The highest BCUT2D eigenvalue weighted by Gasteiger charge is 2.27. The molecule has 1 aromatic heterocycles. The van der Waals surface area contributed by atoms with Crippen molar-refractivity contribution in [2.24, 2.45) is 0 Å². The number of hydrogen-bond acceptors (Lipinski definition) is 3. The van der Waals surface area contributed by atoms with Gasteiger partial charge < -0.3 is 19.1 Å². The van der Waals surface area contributed by atoms with Crippen LogP contribution in [0.4, 0.5) is 14.5 Å². The summed E-state index contributed by atoms with van der Waals surface area (Å²) in [6.45, 7) is 6.72. The second-order valence-electron chi connectivity index (χ2n) is 8.10. The highest BCUT2D eigenvalue weighted by molar-refractivity contribution is 5.94. The summed E-state index contributed by atoms with van der Waals surface area (Å²) in [7, 11) is 1.66. The number of carbonyl (C=O) groups excluding carboxylic acids is 1. The minimum absolute atomic E-state index is 0.0436. The molecular weight excluding hydrogens is 412 g/mol. The third kappa shape index (κ3) is 4.20. The van der Waals surface area contributed by atoms with Crippen molar-refractivity contribution in [2.75, 3.05) is 38.2 Å². The number of aromatic nitrogens is 1. The number of carbonyl (C=O) groups is 1. The molecule has 1 saturated heterocycles. The number of nitrogens with zero attached hydrogens (tertiary/aromatic N) is 3. The predicted molar refractivity (Wildman–Crippen MR) is 120 cm³/mol. The largest absolute Gasteiger partial charge is 0.495 e. The van der Waals surface area contributed by atoms with Crippen LogP contribution < -0.4 is 9.64 Å². The molecule has 0 N–H and O–H groups in total. The molecule has 1 amide bonds. The summed E-state index contributed by atoms with van der Waals surface area (Å²) in [5, 5.41) is 0. The number of halogens is 2. The minimum atomic E-state index is -0.885. The number of piperazine rings is 1. The van der Waals surface area contributed by atoms with Gasteiger partial charge in [-0.05, 0) is 55.3 Å². The van der Waals surface area contributed by atoms with Crippen LogP contribution >= 0.6 is 0 Å². The van der Waals surface area contributed by atoms with Crippen LogP contribution in [-0.4, -0.2) is 48.7 Å². The van der Waals surface area contributed by atoms with Crippen LogP contribution in [0.25, 0.3) is 0 Å². The van der Waals surface area contributed by atoms with Crippen molar-refractivity contribution < 1.29 is 18.3 Å². The maximum absolute atomic E-state index is 13.7. The summed E-state index contributed by atoms with van der Waals surface area (Å²) >= 11 is 0. The summed E-state index contributed by atoms with van der Waals surface area (Å²) in [5.74, 6) is -0.986. The van der Waals surface area contributed by atoms with E-state index in [2.05, 4.69) is 4.90 Å². The molecule has 0 saturated carbocycles. The van der Waals surface area contributed by atoms with Crippen molar-refractivity contribution in [3.63, 3.8) is 0 Å². The number of ether oxygens (including phenoxy) is 1. The van der Waals surface area contributed by atoms with Crippen molar-refractivity contribution >= 4 is 11.6 Å². The van der Waals surface area contributed by atoms with Gasteiger partial charge in [0, 0.05) is 38.4 Å². The number of methoxy groups -OCH3 is 1. The van der Waals surface area contributed by atoms with Crippen LogP contribution in [0.1, 0.15) is 27.3 Å². The Balaban J connectivity index is 1.52. The zero-order valence-electron chi connectivity index (χ0n) is 18.6. The topological polar surface area (TPSA) is 37.7 Å². The zero-order chi connectivity index (χ0) is 22.8. The Hall–Kier alpha value is -3.35. The van der Waals surface area contributed by atoms with Crippen molar-refractivity contribution in [2.45, 2.75) is 20.4 Å². The lowest BCUT2D eigenvalue weighted by Gasteiger charge is -2.37. The molecule has 0 spiro atoms. The van der Waals surface area contributed by atoms with Crippen molar-refractivity contribution in [3.05, 3.63) is 82.7 Å². The molecule has 0 radical (unpaired) electrons. The smallest absolute Gasteiger partial charge is 0.270 e. The fraction of sp³-hybridized carbons (Fsp3) is 0.320. The highest BCUT2D eigenvalue weighted by Crippen LogP contribution is 2.29. The van der Waals surface area contributed by atoms with Gasteiger partial charge in [-0.1, -0.05) is 18.2 Å². The van der Waals surface area contributed by atoms with Crippen LogP contribution in [0, 0.1) is 25.5 Å². The lowest BCUT2D eigenvalue weighted by Crippen LogP contribution is -2.49. The first-order valence-electron chi connectivity index (χ1n) is 10.7. The summed E-state index contributed by atoms with van der Waals surface area (Å²) in [5.41, 5.74) is 4.01. The van der Waals surface area contributed by atoms with E-state index in [-0.39, 0.29) is 5.91 Å². The Morgan fingerprint density at radius 2 is 1.69 bits per heavy atom. The summed E-state index contributed by atoms with van der Waals surface area (Å²) in [4.78, 5) is 17.5. The predicted octanol–water partition coefficient (Wildman–Crippen LogP) is 4.40. The van der Waals surface area contributed by atoms with Crippen LogP contribution in [-0.2, 0) is 6.54 Å². The maximum atomic E-state index is 13.7. The van der Waals surface area contributed by atoms with Crippen LogP contribution in [0.5, 0.6) is 5.75 Å². The molecule has 4 rings (SSSR count). The molecule has 1 aliphatic heterocycles. The number of para-hydroxylation sites is 2. The van der Waals surface area contributed by atoms with Gasteiger partial charge in [0.2, 0.25) is 0 Å². The van der Waals surface area contributed by atoms with E-state index in [9.17, 15) is 13.6 Å². The first kappa shape index (κ1) is 21.9. The molecule has 168 valence electrons. The van der Waals surface area contributed by atoms with Gasteiger partial charge in [0.25, 0.3) is 5.91 Å². The lowest BCUT2D eigenvalue weighted by molar-refractivity contribution is 0.0735. The number of aryl methyl sites for hydroxylation is 2. The second-order valence-corrected chi connectivity index (χ2v) is 8.10. The Bertz CT molecular complexity index is 1130. The number of rotatable bonds is 5. The Morgan fingerprint density at radius 3 is 2.38 bits per heavy atom. The molecule has 2 aromatic carbocycles. The molecule has 0 bridgehead atoms. The van der Waals surface area contributed by atoms with E-state index in [1.807, 2.05) is 53.6 Å². The highest BCUT2D eigenvalue weighted by atomic mass is 19.2. The van der Waals surface area contributed by atoms with Gasteiger partial charge in [0.1, 0.15) is 11.4 Å². The van der Waals surface area contributed by atoms with E-state index >= 15 is 0 Å². The number of amides is 1. The van der Waals surface area contributed by atoms with Crippen LogP contribution in [0.3, 0.4) is 0 Å². The maximum Gasteiger partial charge on any atom is 0.270 e. The standard InChI is InChI=1S/C25H27F2N3O2/c1-17-14-18(2)30(16-19-8-9-20(26)21(27)15-19)24(17)25(31)29-12-10-28(11-13-29)22-6-4-5-7-23(22)32-3/h4-9,14-15H,10-13,16H2,1-3H3. The molecule has 1 fully saturated rings. The summed E-state index contributed by atoms with van der Waals surface area (Å²) in [6.07, 6.45) is 0. The molecule has 0 aliphatic carbocycles. The minimum Gasteiger partial charge on any atom is -0.495 e. The van der Waals surface area contributed by atoms with Gasteiger partial charge >= 0.3 is 0 Å². The Morgan fingerprint density at radius 1 is 0.969 bits per heavy atom. The van der Waals surface area contributed by atoms with Gasteiger partial charge in [0.15, 0.2) is 11.6 Å². The van der Waals surface area contributed by atoms with Gasteiger partial charge in [-0.15, -0.1) is 0 Å². The number of benzene rings is 2. The van der Waals surface area contributed by atoms with Gasteiger partial charge in [0.05, 0.1) is 12.8 Å². The summed E-state index contributed by atoms with van der Waals surface area (Å²) < 4.78 is 34.4. The molecule has 5 nitrogen and oxygen atoms in total. The van der Waals surface area contributed by atoms with Crippen molar-refractivity contribution in [3.8, 4) is 5.75 Å². The third-order valence-electron chi connectivity index (χ3n) is 6.01. The average Bonchev–Trinajstić information content (AvgIpc) is 3.08. The molecule has 0 atom stereocenters. The van der Waals surface area contributed by atoms with E-state index in [0.29, 0.717) is 44.0 Å². The molecule has 2 heterocycles. The average molecular weight is 440 g/mol. The Labute approximate surface area is 186 Å². The lowest BCUT2D eigenvalue weighted by atomic mass is 10.2. The zero-order valence-corrected chi connectivity index (χ0v) is 18.6. The number of anilines is 1. The van der Waals surface area contributed by atoms with Gasteiger partial charge in [-0.2, -0.15) is 0 Å². The fourth-order valence-corrected chi connectivity index (χ4v) is 4.35. The van der Waals surface area contributed by atoms with Gasteiger partial charge in [-0.25, -0.2) is 8.78 Å². The van der Waals surface area contributed by atoms with Crippen molar-refractivity contribution in [1.29, 1.82) is 0 Å². The molecule has 32 heavy (non-hydrogen) atoms. The molecule has 0 unspecified atom stereocenters. The van der Waals surface area contributed by atoms with Crippen molar-refractivity contribution in [1.82, 2.24) is 9.47 Å². The van der Waals surface area contributed by atoms with Gasteiger partial charge in [-0.3, -0.25) is 4.79 Å². The fourth-order valence-electron chi connectivity index (χ4n) is 4.35. The monoisotopic (exact) mass is 439 g/mol. The SMILES string of the molecule is COc1ccccc1N1CCN(C(=O)c2c(C)cc(C)n2Cc2ccc(F)c(F)c2)CC1. The summed E-state index contributed by atoms with van der Waals surface area (Å²) in [6, 6.07) is 13.7. The number of hydrogen-bond donors (Lipinski definition) is 0. The van der Waals surface area contributed by atoms with E-state index in [4.69, 9.17) is 4.74 Å².